The lowest BCUT2D eigenvalue weighted by atomic mass is 10.1. The summed E-state index contributed by atoms with van der Waals surface area (Å²) in [5, 5.41) is 4.69. The molecule has 3 N–H and O–H groups in total. The van der Waals surface area contributed by atoms with Gasteiger partial charge in [-0.15, -0.1) is 0 Å². The van der Waals surface area contributed by atoms with E-state index in [1.54, 1.807) is 20.8 Å². The molecule has 4 amide bonds. The van der Waals surface area contributed by atoms with Gasteiger partial charge in [0.1, 0.15) is 4.90 Å². The average Bonchev–Trinajstić information content (AvgIpc) is 2.73. The molecule has 0 bridgehead atoms. The van der Waals surface area contributed by atoms with Gasteiger partial charge >= 0.3 is 6.03 Å². The highest BCUT2D eigenvalue weighted by molar-refractivity contribution is 7.90. The molecular formula is C20H26N6O6S. The first-order chi connectivity index (χ1) is 15.5. The van der Waals surface area contributed by atoms with Gasteiger partial charge in [-0.05, 0) is 39.0 Å². The third-order valence-corrected chi connectivity index (χ3v) is 5.74. The molecule has 33 heavy (non-hydrogen) atoms. The third-order valence-electron chi connectivity index (χ3n) is 4.36. The summed E-state index contributed by atoms with van der Waals surface area (Å²) in [5.41, 5.74) is 0.475. The zero-order valence-corrected chi connectivity index (χ0v) is 19.7. The van der Waals surface area contributed by atoms with E-state index in [9.17, 15) is 22.8 Å². The highest BCUT2D eigenvalue weighted by Crippen LogP contribution is 2.23. The van der Waals surface area contributed by atoms with Crippen LogP contribution in [0, 0.1) is 6.92 Å². The zero-order chi connectivity index (χ0) is 24.8. The van der Waals surface area contributed by atoms with E-state index in [1.807, 2.05) is 4.72 Å². The van der Waals surface area contributed by atoms with Crippen molar-refractivity contribution in [2.75, 3.05) is 30.8 Å². The van der Waals surface area contributed by atoms with Gasteiger partial charge in [0.25, 0.3) is 15.9 Å². The minimum atomic E-state index is -4.54. The average molecular weight is 479 g/mol. The van der Waals surface area contributed by atoms with Gasteiger partial charge in [0.15, 0.2) is 0 Å². The standard InChI is InChI=1S/C20H26N6O6S/c1-6-26(7-2)18(28)15-9-8-14(22-13(4)27)11-16(15)33(30,31)25-20(29)24-19-21-12(3)10-17(23-19)32-5/h8-11H,6-7H2,1-5H3,(H,22,27)(H2,21,23,24,25,29). The number of amides is 4. The Morgan fingerprint density at radius 2 is 1.73 bits per heavy atom. The van der Waals surface area contributed by atoms with Crippen molar-refractivity contribution in [1.82, 2.24) is 19.6 Å². The Kier molecular flexibility index (Phi) is 8.29. The maximum atomic E-state index is 13.1. The molecular weight excluding hydrogens is 452 g/mol. The van der Waals surface area contributed by atoms with Crippen LogP contribution >= 0.6 is 0 Å². The second kappa shape index (κ2) is 10.7. The lowest BCUT2D eigenvalue weighted by Crippen LogP contribution is -2.37. The van der Waals surface area contributed by atoms with Crippen molar-refractivity contribution in [2.45, 2.75) is 32.6 Å². The molecule has 12 nitrogen and oxygen atoms in total. The third kappa shape index (κ3) is 6.62. The molecule has 1 aromatic heterocycles. The maximum absolute atomic E-state index is 13.1. The lowest BCUT2D eigenvalue weighted by Gasteiger charge is -2.21. The molecule has 13 heteroatoms. The predicted octanol–water partition coefficient (Wildman–Crippen LogP) is 1.74. The molecule has 178 valence electrons. The fraction of sp³-hybridized carbons (Fsp3) is 0.350. The summed E-state index contributed by atoms with van der Waals surface area (Å²) in [6, 6.07) is 4.18. The van der Waals surface area contributed by atoms with E-state index in [0.29, 0.717) is 18.8 Å². The fourth-order valence-electron chi connectivity index (χ4n) is 2.89. The van der Waals surface area contributed by atoms with Gasteiger partial charge in [-0.1, -0.05) is 0 Å². The topological polar surface area (TPSA) is 160 Å². The van der Waals surface area contributed by atoms with Crippen molar-refractivity contribution in [3.8, 4) is 5.88 Å². The Morgan fingerprint density at radius 3 is 2.30 bits per heavy atom. The SMILES string of the molecule is CCN(CC)C(=O)c1ccc(NC(C)=O)cc1S(=O)(=O)NC(=O)Nc1nc(C)cc(OC)n1. The number of methoxy groups -OCH3 is 1. The van der Waals surface area contributed by atoms with Crippen LogP contribution in [0.4, 0.5) is 16.4 Å². The van der Waals surface area contributed by atoms with Gasteiger partial charge in [-0.3, -0.25) is 14.9 Å². The van der Waals surface area contributed by atoms with Gasteiger partial charge in [0.05, 0.1) is 12.7 Å². The van der Waals surface area contributed by atoms with Crippen molar-refractivity contribution in [3.05, 3.63) is 35.5 Å². The van der Waals surface area contributed by atoms with Crippen molar-refractivity contribution in [2.24, 2.45) is 0 Å². The number of urea groups is 1. The molecule has 0 aliphatic carbocycles. The van der Waals surface area contributed by atoms with E-state index in [0.717, 1.165) is 6.07 Å². The van der Waals surface area contributed by atoms with Gasteiger partial charge in [0, 0.05) is 37.5 Å². The Hall–Kier alpha value is -3.74. The number of hydrogen-bond acceptors (Lipinski definition) is 8. The van der Waals surface area contributed by atoms with Gasteiger partial charge in [-0.2, -0.15) is 4.98 Å². The normalized spacial score (nSPS) is 10.8. The molecule has 1 heterocycles. The first-order valence-corrected chi connectivity index (χ1v) is 11.4. The summed E-state index contributed by atoms with van der Waals surface area (Å²) in [7, 11) is -3.16. The summed E-state index contributed by atoms with van der Waals surface area (Å²) in [4.78, 5) is 45.6. The molecule has 0 saturated carbocycles. The molecule has 0 spiro atoms. The van der Waals surface area contributed by atoms with Crippen LogP contribution in [0.3, 0.4) is 0 Å². The number of ether oxygens (including phenoxy) is 1. The van der Waals surface area contributed by atoms with Crippen molar-refractivity contribution in [3.63, 3.8) is 0 Å². The van der Waals surface area contributed by atoms with E-state index >= 15 is 0 Å². The van der Waals surface area contributed by atoms with E-state index in [1.165, 1.54) is 37.1 Å². The van der Waals surface area contributed by atoms with Gasteiger partial charge < -0.3 is 15.0 Å². The highest BCUT2D eigenvalue weighted by Gasteiger charge is 2.27. The molecule has 0 radical (unpaired) electrons. The van der Waals surface area contributed by atoms with E-state index < -0.39 is 32.8 Å². The molecule has 2 rings (SSSR count). The molecule has 2 aromatic rings. The Balaban J connectivity index is 2.42. The van der Waals surface area contributed by atoms with Crippen molar-refractivity contribution >= 4 is 39.5 Å². The van der Waals surface area contributed by atoms with Crippen molar-refractivity contribution < 1.29 is 27.5 Å². The summed E-state index contributed by atoms with van der Waals surface area (Å²) in [6.45, 7) is 7.10. The Morgan fingerprint density at radius 1 is 1.06 bits per heavy atom. The molecule has 1 aromatic carbocycles. The van der Waals surface area contributed by atoms with Crippen LogP contribution in [0.25, 0.3) is 0 Å². The first kappa shape index (κ1) is 25.5. The number of carbonyl (C=O) groups excluding carboxylic acids is 3. The first-order valence-electron chi connectivity index (χ1n) is 9.95. The second-order valence-electron chi connectivity index (χ2n) is 6.80. The largest absolute Gasteiger partial charge is 0.481 e. The van der Waals surface area contributed by atoms with Crippen molar-refractivity contribution in [1.29, 1.82) is 0 Å². The number of nitrogens with one attached hydrogen (secondary N) is 3. The minimum absolute atomic E-state index is 0.145. The zero-order valence-electron chi connectivity index (χ0n) is 18.9. The van der Waals surface area contributed by atoms with Crippen LogP contribution in [0.15, 0.2) is 29.2 Å². The van der Waals surface area contributed by atoms with Gasteiger partial charge in [0.2, 0.25) is 17.7 Å². The minimum Gasteiger partial charge on any atom is -0.481 e. The summed E-state index contributed by atoms with van der Waals surface area (Å²) in [6.07, 6.45) is 0. The molecule has 0 aliphatic rings. The molecule has 0 unspecified atom stereocenters. The smallest absolute Gasteiger partial charge is 0.335 e. The number of hydrogen-bond donors (Lipinski definition) is 3. The van der Waals surface area contributed by atoms with Crippen LogP contribution in [0.1, 0.15) is 36.8 Å². The monoisotopic (exact) mass is 478 g/mol. The molecule has 0 saturated heterocycles. The Bertz CT molecular complexity index is 1160. The van der Waals surface area contributed by atoms with E-state index in [4.69, 9.17) is 4.74 Å². The van der Waals surface area contributed by atoms with Gasteiger partial charge in [-0.25, -0.2) is 22.9 Å². The van der Waals surface area contributed by atoms with Crippen LogP contribution < -0.4 is 20.1 Å². The number of carbonyl (C=O) groups is 3. The lowest BCUT2D eigenvalue weighted by molar-refractivity contribution is -0.114. The number of aryl methyl sites for hydroxylation is 1. The number of sulfonamides is 1. The van der Waals surface area contributed by atoms with Crippen LogP contribution in [-0.4, -0.2) is 61.3 Å². The number of rotatable bonds is 8. The number of nitrogens with zero attached hydrogens (tertiary/aromatic N) is 3. The molecule has 0 aliphatic heterocycles. The number of anilines is 2. The van der Waals surface area contributed by atoms with E-state index in [-0.39, 0.29) is 23.1 Å². The summed E-state index contributed by atoms with van der Waals surface area (Å²) in [5.74, 6) is -0.971. The highest BCUT2D eigenvalue weighted by atomic mass is 32.2. The van der Waals surface area contributed by atoms with Crippen LogP contribution in [-0.2, 0) is 14.8 Å². The maximum Gasteiger partial charge on any atom is 0.335 e. The number of benzene rings is 1. The Labute approximate surface area is 191 Å². The molecule has 0 atom stereocenters. The molecule has 0 fully saturated rings. The van der Waals surface area contributed by atoms with Crippen LogP contribution in [0.5, 0.6) is 5.88 Å². The van der Waals surface area contributed by atoms with Crippen LogP contribution in [0.2, 0.25) is 0 Å². The van der Waals surface area contributed by atoms with E-state index in [2.05, 4.69) is 20.6 Å². The second-order valence-corrected chi connectivity index (χ2v) is 8.46. The summed E-state index contributed by atoms with van der Waals surface area (Å²) >= 11 is 0. The summed E-state index contributed by atoms with van der Waals surface area (Å²) < 4.78 is 33.0. The predicted molar refractivity (Wildman–Crippen MR) is 121 cm³/mol. The fourth-order valence-corrected chi connectivity index (χ4v) is 4.02. The number of aromatic nitrogens is 2. The quantitative estimate of drug-likeness (QED) is 0.517.